The number of benzene rings is 1. The molecule has 0 fully saturated rings. The third kappa shape index (κ3) is 2.09. The molecule has 2 aromatic heterocycles. The lowest BCUT2D eigenvalue weighted by molar-refractivity contribution is 0.627. The van der Waals surface area contributed by atoms with E-state index in [1.165, 1.54) is 16.6 Å². The molecule has 19 heavy (non-hydrogen) atoms. The van der Waals surface area contributed by atoms with Crippen LogP contribution in [0.25, 0.3) is 17.0 Å². The van der Waals surface area contributed by atoms with Crippen LogP contribution in [0.4, 0.5) is 4.39 Å². The number of pyridine rings is 1. The smallest absolute Gasteiger partial charge is 0.182 e. The first kappa shape index (κ1) is 11.8. The van der Waals surface area contributed by atoms with E-state index in [1.807, 2.05) is 6.07 Å². The molecule has 0 atom stereocenters. The summed E-state index contributed by atoms with van der Waals surface area (Å²) in [5, 5.41) is 13.2. The Morgan fingerprint density at radius 3 is 2.84 bits per heavy atom. The van der Waals surface area contributed by atoms with Gasteiger partial charge in [0.2, 0.25) is 0 Å². The van der Waals surface area contributed by atoms with E-state index in [1.54, 1.807) is 24.3 Å². The minimum absolute atomic E-state index is 0.372. The fourth-order valence-electron chi connectivity index (χ4n) is 1.80. The van der Waals surface area contributed by atoms with Gasteiger partial charge in [-0.25, -0.2) is 13.9 Å². The fraction of sp³-hybridized carbons (Fsp3) is 0. The minimum Gasteiger partial charge on any atom is -0.207 e. The number of nitriles is 1. The highest BCUT2D eigenvalue weighted by Crippen LogP contribution is 2.22. The zero-order valence-corrected chi connectivity index (χ0v) is 11.1. The van der Waals surface area contributed by atoms with Gasteiger partial charge in [0.05, 0.1) is 0 Å². The first-order valence-electron chi connectivity index (χ1n) is 5.40. The topological polar surface area (TPSA) is 54.0 Å². The van der Waals surface area contributed by atoms with E-state index in [-0.39, 0.29) is 5.82 Å². The summed E-state index contributed by atoms with van der Waals surface area (Å²) in [5.74, 6) is 0.00615. The van der Waals surface area contributed by atoms with Crippen molar-refractivity contribution < 1.29 is 4.39 Å². The van der Waals surface area contributed by atoms with Crippen LogP contribution in [-0.4, -0.2) is 14.6 Å². The Morgan fingerprint density at radius 2 is 2.11 bits per heavy atom. The lowest BCUT2D eigenvalue weighted by Gasteiger charge is -1.97. The second kappa shape index (κ2) is 4.44. The quantitative estimate of drug-likeness (QED) is 0.693. The molecule has 3 rings (SSSR count). The van der Waals surface area contributed by atoms with Crippen molar-refractivity contribution in [2.75, 3.05) is 0 Å². The molecule has 1 aromatic carbocycles. The first-order valence-corrected chi connectivity index (χ1v) is 6.19. The van der Waals surface area contributed by atoms with Gasteiger partial charge in [-0.15, -0.1) is 5.10 Å². The highest BCUT2D eigenvalue weighted by Gasteiger charge is 2.10. The fourth-order valence-corrected chi connectivity index (χ4v) is 2.26. The van der Waals surface area contributed by atoms with Crippen LogP contribution in [0.3, 0.4) is 0 Å². The summed E-state index contributed by atoms with van der Waals surface area (Å²) in [4.78, 5) is 4.29. The van der Waals surface area contributed by atoms with Crippen molar-refractivity contribution in [1.82, 2.24) is 14.6 Å². The van der Waals surface area contributed by atoms with Gasteiger partial charge in [-0.1, -0.05) is 22.0 Å². The number of hydrogen-bond acceptors (Lipinski definition) is 3. The van der Waals surface area contributed by atoms with E-state index < -0.39 is 0 Å². The highest BCUT2D eigenvalue weighted by atomic mass is 79.9. The molecule has 0 saturated heterocycles. The number of aromatic nitrogens is 3. The molecule has 0 N–H and O–H groups in total. The molecule has 4 nitrogen and oxygen atoms in total. The van der Waals surface area contributed by atoms with Crippen LogP contribution in [0.5, 0.6) is 0 Å². The van der Waals surface area contributed by atoms with Gasteiger partial charge < -0.3 is 0 Å². The van der Waals surface area contributed by atoms with Crippen LogP contribution in [0.2, 0.25) is 0 Å². The van der Waals surface area contributed by atoms with Gasteiger partial charge >= 0.3 is 0 Å². The van der Waals surface area contributed by atoms with Crippen molar-refractivity contribution >= 4 is 21.6 Å². The van der Waals surface area contributed by atoms with Gasteiger partial charge in [0.25, 0.3) is 0 Å². The Hall–Kier alpha value is -2.26. The maximum Gasteiger partial charge on any atom is 0.182 e. The predicted octanol–water partition coefficient (Wildman–Crippen LogP) is 3.17. The molecule has 0 amide bonds. The van der Waals surface area contributed by atoms with Crippen molar-refractivity contribution in [2.24, 2.45) is 0 Å². The largest absolute Gasteiger partial charge is 0.207 e. The summed E-state index contributed by atoms with van der Waals surface area (Å²) in [6, 6.07) is 11.6. The van der Waals surface area contributed by atoms with Crippen LogP contribution < -0.4 is 0 Å². The second-order valence-electron chi connectivity index (χ2n) is 3.89. The van der Waals surface area contributed by atoms with Gasteiger partial charge in [0.15, 0.2) is 11.5 Å². The summed E-state index contributed by atoms with van der Waals surface area (Å²) in [6.45, 7) is 0. The molecule has 0 aliphatic rings. The van der Waals surface area contributed by atoms with Crippen molar-refractivity contribution in [1.29, 1.82) is 5.26 Å². The van der Waals surface area contributed by atoms with Crippen LogP contribution in [0.1, 0.15) is 5.69 Å². The maximum absolute atomic E-state index is 13.4. The van der Waals surface area contributed by atoms with E-state index in [9.17, 15) is 4.39 Å². The summed E-state index contributed by atoms with van der Waals surface area (Å²) < 4.78 is 15.4. The van der Waals surface area contributed by atoms with Gasteiger partial charge in [-0.2, -0.15) is 5.26 Å². The highest BCUT2D eigenvalue weighted by molar-refractivity contribution is 9.10. The molecule has 0 unspecified atom stereocenters. The van der Waals surface area contributed by atoms with Crippen LogP contribution in [-0.2, 0) is 0 Å². The summed E-state index contributed by atoms with van der Waals surface area (Å²) in [5.41, 5.74) is 1.49. The Labute approximate surface area is 116 Å². The molecule has 0 bridgehead atoms. The van der Waals surface area contributed by atoms with Gasteiger partial charge in [-0.05, 0) is 30.3 Å². The monoisotopic (exact) mass is 316 g/mol. The zero-order chi connectivity index (χ0) is 13.4. The Kier molecular flexibility index (Phi) is 2.76. The summed E-state index contributed by atoms with van der Waals surface area (Å²) in [7, 11) is 0. The summed E-state index contributed by atoms with van der Waals surface area (Å²) >= 11 is 3.23. The van der Waals surface area contributed by atoms with E-state index >= 15 is 0 Å². The third-order valence-corrected chi connectivity index (χ3v) is 3.05. The summed E-state index contributed by atoms with van der Waals surface area (Å²) in [6.07, 6.45) is 0. The molecule has 2 heterocycles. The van der Waals surface area contributed by atoms with Gasteiger partial charge in [-0.3, -0.25) is 0 Å². The number of rotatable bonds is 1. The first-order chi connectivity index (χ1) is 9.17. The minimum atomic E-state index is -0.372. The van der Waals surface area contributed by atoms with Crippen molar-refractivity contribution in [2.45, 2.75) is 0 Å². The number of nitrogens with zero attached hydrogens (tertiary/aromatic N) is 4. The lowest BCUT2D eigenvalue weighted by Crippen LogP contribution is -1.93. The second-order valence-corrected chi connectivity index (χ2v) is 4.80. The SMILES string of the molecule is N#Cc1cccc2nc(-c3cc(F)cc(Br)c3)nn12. The van der Waals surface area contributed by atoms with E-state index in [0.717, 1.165) is 0 Å². The van der Waals surface area contributed by atoms with Crippen molar-refractivity contribution in [3.8, 4) is 17.5 Å². The molecule has 0 spiro atoms. The Morgan fingerprint density at radius 1 is 1.26 bits per heavy atom. The van der Waals surface area contributed by atoms with E-state index in [2.05, 4.69) is 26.0 Å². The van der Waals surface area contributed by atoms with Gasteiger partial charge in [0, 0.05) is 10.0 Å². The molecule has 3 aromatic rings. The number of halogens is 2. The Balaban J connectivity index is 2.24. The molecule has 0 radical (unpaired) electrons. The molecular formula is C13H6BrFN4. The standard InChI is InChI=1S/C13H6BrFN4/c14-9-4-8(5-10(15)6-9)13-17-12-3-1-2-11(7-16)19(12)18-13/h1-6H. The van der Waals surface area contributed by atoms with Gasteiger partial charge in [0.1, 0.15) is 17.6 Å². The number of hydrogen-bond donors (Lipinski definition) is 0. The van der Waals surface area contributed by atoms with E-state index in [4.69, 9.17) is 5.26 Å². The average Bonchev–Trinajstić information content (AvgIpc) is 2.81. The molecular weight excluding hydrogens is 311 g/mol. The normalized spacial score (nSPS) is 10.6. The number of fused-ring (bicyclic) bond motifs is 1. The van der Waals surface area contributed by atoms with Crippen LogP contribution >= 0.6 is 15.9 Å². The molecule has 6 heteroatoms. The molecule has 0 aliphatic carbocycles. The molecule has 0 aliphatic heterocycles. The lowest BCUT2D eigenvalue weighted by atomic mass is 10.2. The Bertz CT molecular complexity index is 799. The van der Waals surface area contributed by atoms with Crippen LogP contribution in [0.15, 0.2) is 40.9 Å². The van der Waals surface area contributed by atoms with E-state index in [0.29, 0.717) is 27.2 Å². The van der Waals surface area contributed by atoms with Crippen molar-refractivity contribution in [3.05, 3.63) is 52.4 Å². The zero-order valence-electron chi connectivity index (χ0n) is 9.51. The maximum atomic E-state index is 13.4. The van der Waals surface area contributed by atoms with Crippen LogP contribution in [0, 0.1) is 17.1 Å². The molecule has 0 saturated carbocycles. The average molecular weight is 317 g/mol. The van der Waals surface area contributed by atoms with Crippen molar-refractivity contribution in [3.63, 3.8) is 0 Å². The third-order valence-electron chi connectivity index (χ3n) is 2.60. The predicted molar refractivity (Wildman–Crippen MR) is 70.8 cm³/mol. The molecule has 92 valence electrons.